The Kier molecular flexibility index (Phi) is 8.45. The van der Waals surface area contributed by atoms with Gasteiger partial charge in [-0.05, 0) is 57.1 Å². The number of halogens is 4. The normalized spacial score (nSPS) is 11.8. The number of aromatic nitrogens is 1. The third kappa shape index (κ3) is 8.72. The highest BCUT2D eigenvalue weighted by Gasteiger charge is 2.27. The Morgan fingerprint density at radius 3 is 2.56 bits per heavy atom. The van der Waals surface area contributed by atoms with E-state index in [1.807, 2.05) is 0 Å². The fraction of sp³-hybridized carbons (Fsp3) is 0.381. The van der Waals surface area contributed by atoms with Gasteiger partial charge in [0.15, 0.2) is 0 Å². The average molecular weight is 473 g/mol. The van der Waals surface area contributed by atoms with Crippen LogP contribution in [0.5, 0.6) is 5.75 Å². The smallest absolute Gasteiger partial charge is 0.401 e. The highest BCUT2D eigenvalue weighted by Crippen LogP contribution is 2.22. The van der Waals surface area contributed by atoms with Crippen molar-refractivity contribution in [2.45, 2.75) is 38.4 Å². The zero-order valence-corrected chi connectivity index (χ0v) is 18.3. The number of carbonyl (C=O) groups excluding carboxylic acids is 2. The topological polar surface area (TPSA) is 103 Å². The number of amides is 2. The number of phenolic OH excluding ortho intramolecular Hbond substituents is 1. The Morgan fingerprint density at radius 2 is 1.88 bits per heavy atom. The Hall–Kier alpha value is -2.85. The maximum Gasteiger partial charge on any atom is 0.401 e. The number of hydrogen-bond donors (Lipinski definition) is 4. The SMILES string of the molecule is CC(C)(CCNCC(F)(F)F)NC(=O)c1cc(NC(=O)Cc2cc(Cl)ccc2O)ccn1. The Bertz CT molecular complexity index is 968. The molecule has 4 N–H and O–H groups in total. The van der Waals surface area contributed by atoms with E-state index in [-0.39, 0.29) is 30.8 Å². The Morgan fingerprint density at radius 1 is 1.16 bits per heavy atom. The number of aromatic hydroxyl groups is 1. The second-order valence-corrected chi connectivity index (χ2v) is 8.24. The monoisotopic (exact) mass is 472 g/mol. The molecule has 0 fully saturated rings. The molecule has 0 aliphatic carbocycles. The molecule has 0 aliphatic rings. The molecule has 0 saturated carbocycles. The van der Waals surface area contributed by atoms with Gasteiger partial charge in [-0.25, -0.2) is 0 Å². The summed E-state index contributed by atoms with van der Waals surface area (Å²) in [5.41, 5.74) is -0.0882. The van der Waals surface area contributed by atoms with Crippen LogP contribution in [0.25, 0.3) is 0 Å². The summed E-state index contributed by atoms with van der Waals surface area (Å²) in [6, 6.07) is 7.25. The number of alkyl halides is 3. The first kappa shape index (κ1) is 25.4. The van der Waals surface area contributed by atoms with Crippen molar-refractivity contribution >= 4 is 29.1 Å². The summed E-state index contributed by atoms with van der Waals surface area (Å²) in [6.45, 7) is 2.33. The minimum absolute atomic E-state index is 0.0322. The number of phenols is 1. The van der Waals surface area contributed by atoms with Crippen LogP contribution < -0.4 is 16.0 Å². The molecule has 0 atom stereocenters. The molecule has 11 heteroatoms. The van der Waals surface area contributed by atoms with Crippen LogP contribution in [0.3, 0.4) is 0 Å². The molecule has 1 aromatic carbocycles. The highest BCUT2D eigenvalue weighted by atomic mass is 35.5. The van der Waals surface area contributed by atoms with Crippen LogP contribution in [0, 0.1) is 0 Å². The number of carbonyl (C=O) groups is 2. The molecule has 0 saturated heterocycles. The van der Waals surface area contributed by atoms with E-state index >= 15 is 0 Å². The molecule has 0 radical (unpaired) electrons. The molecule has 2 amide bonds. The van der Waals surface area contributed by atoms with Gasteiger partial charge >= 0.3 is 6.18 Å². The predicted molar refractivity (Wildman–Crippen MR) is 115 cm³/mol. The molecule has 0 spiro atoms. The van der Waals surface area contributed by atoms with Crippen LogP contribution in [0.2, 0.25) is 5.02 Å². The zero-order valence-electron chi connectivity index (χ0n) is 17.5. The van der Waals surface area contributed by atoms with E-state index < -0.39 is 30.1 Å². The fourth-order valence-corrected chi connectivity index (χ4v) is 2.97. The minimum Gasteiger partial charge on any atom is -0.508 e. The van der Waals surface area contributed by atoms with Gasteiger partial charge in [0.1, 0.15) is 11.4 Å². The summed E-state index contributed by atoms with van der Waals surface area (Å²) in [4.78, 5) is 28.8. The maximum absolute atomic E-state index is 12.5. The first-order valence-electron chi connectivity index (χ1n) is 9.68. The van der Waals surface area contributed by atoms with Crippen LogP contribution in [-0.4, -0.2) is 46.7 Å². The van der Waals surface area contributed by atoms with E-state index in [1.165, 1.54) is 36.5 Å². The summed E-state index contributed by atoms with van der Waals surface area (Å²) in [5, 5.41) is 17.8. The predicted octanol–water partition coefficient (Wildman–Crippen LogP) is 3.67. The van der Waals surface area contributed by atoms with E-state index in [9.17, 15) is 27.9 Å². The van der Waals surface area contributed by atoms with Crippen LogP contribution in [0.4, 0.5) is 18.9 Å². The van der Waals surface area contributed by atoms with Crippen molar-refractivity contribution < 1.29 is 27.9 Å². The van der Waals surface area contributed by atoms with Crippen LogP contribution in [-0.2, 0) is 11.2 Å². The highest BCUT2D eigenvalue weighted by molar-refractivity contribution is 6.30. The second-order valence-electron chi connectivity index (χ2n) is 7.81. The van der Waals surface area contributed by atoms with Crippen molar-refractivity contribution in [3.05, 3.63) is 52.8 Å². The lowest BCUT2D eigenvalue weighted by Gasteiger charge is -2.26. The van der Waals surface area contributed by atoms with Gasteiger partial charge in [-0.1, -0.05) is 11.6 Å². The molecule has 1 aromatic heterocycles. The van der Waals surface area contributed by atoms with Crippen LogP contribution in [0.1, 0.15) is 36.3 Å². The number of nitrogens with zero attached hydrogens (tertiary/aromatic N) is 1. The Balaban J connectivity index is 1.94. The number of rotatable bonds is 9. The van der Waals surface area contributed by atoms with Gasteiger partial charge in [0.05, 0.1) is 13.0 Å². The lowest BCUT2D eigenvalue weighted by Crippen LogP contribution is -2.46. The van der Waals surface area contributed by atoms with E-state index in [2.05, 4.69) is 20.9 Å². The molecule has 0 unspecified atom stereocenters. The van der Waals surface area contributed by atoms with Crippen molar-refractivity contribution in [2.24, 2.45) is 0 Å². The number of hydrogen-bond acceptors (Lipinski definition) is 5. The van der Waals surface area contributed by atoms with Gasteiger partial charge in [-0.15, -0.1) is 0 Å². The fourth-order valence-electron chi connectivity index (χ4n) is 2.77. The summed E-state index contributed by atoms with van der Waals surface area (Å²) >= 11 is 5.88. The first-order chi connectivity index (χ1) is 14.8. The van der Waals surface area contributed by atoms with E-state index in [0.29, 0.717) is 16.3 Å². The molecular weight excluding hydrogens is 449 g/mol. The summed E-state index contributed by atoms with van der Waals surface area (Å²) in [5.74, 6) is -1.03. The van der Waals surface area contributed by atoms with Gasteiger partial charge in [0.2, 0.25) is 5.91 Å². The van der Waals surface area contributed by atoms with Gasteiger partial charge in [-0.3, -0.25) is 14.6 Å². The molecule has 2 aromatic rings. The van der Waals surface area contributed by atoms with E-state index in [1.54, 1.807) is 13.8 Å². The lowest BCUT2D eigenvalue weighted by atomic mass is 10.0. The molecule has 2 rings (SSSR count). The number of nitrogens with one attached hydrogen (secondary N) is 3. The largest absolute Gasteiger partial charge is 0.508 e. The summed E-state index contributed by atoms with van der Waals surface area (Å²) < 4.78 is 36.6. The molecular formula is C21H24ClF3N4O3. The number of benzene rings is 1. The lowest BCUT2D eigenvalue weighted by molar-refractivity contribution is -0.124. The van der Waals surface area contributed by atoms with Gasteiger partial charge in [0, 0.05) is 28.0 Å². The maximum atomic E-state index is 12.5. The van der Waals surface area contributed by atoms with Gasteiger partial charge in [0.25, 0.3) is 5.91 Å². The summed E-state index contributed by atoms with van der Waals surface area (Å²) in [7, 11) is 0. The van der Waals surface area contributed by atoms with Crippen LogP contribution in [0.15, 0.2) is 36.5 Å². The minimum atomic E-state index is -4.30. The van der Waals surface area contributed by atoms with E-state index in [0.717, 1.165) is 0 Å². The van der Waals surface area contributed by atoms with Crippen LogP contribution >= 0.6 is 11.6 Å². The molecule has 7 nitrogen and oxygen atoms in total. The Labute approximate surface area is 188 Å². The van der Waals surface area contributed by atoms with Gasteiger partial charge in [-0.2, -0.15) is 13.2 Å². The molecule has 1 heterocycles. The van der Waals surface area contributed by atoms with Crippen molar-refractivity contribution in [2.75, 3.05) is 18.4 Å². The van der Waals surface area contributed by atoms with Crippen molar-refractivity contribution in [1.82, 2.24) is 15.6 Å². The van der Waals surface area contributed by atoms with E-state index in [4.69, 9.17) is 11.6 Å². The quantitative estimate of drug-likeness (QED) is 0.417. The molecule has 0 bridgehead atoms. The summed E-state index contributed by atoms with van der Waals surface area (Å²) in [6.07, 6.45) is -2.82. The number of pyridine rings is 1. The molecule has 174 valence electrons. The first-order valence-corrected chi connectivity index (χ1v) is 10.1. The third-order valence-electron chi connectivity index (χ3n) is 4.37. The zero-order chi connectivity index (χ0) is 23.9. The van der Waals surface area contributed by atoms with Crippen molar-refractivity contribution in [3.63, 3.8) is 0 Å². The van der Waals surface area contributed by atoms with Crippen molar-refractivity contribution in [1.29, 1.82) is 0 Å². The third-order valence-corrected chi connectivity index (χ3v) is 4.61. The average Bonchev–Trinajstić information content (AvgIpc) is 2.67. The molecule has 0 aliphatic heterocycles. The standard InChI is InChI=1S/C21H24ClF3N4O3/c1-20(2,6-8-26-12-21(23,24)25)29-19(32)16-11-15(5-7-27-16)28-18(31)10-13-9-14(22)3-4-17(13)30/h3-5,7,9,11,26,30H,6,8,10,12H2,1-2H3,(H,29,32)(H,27,28,31). The second kappa shape index (κ2) is 10.6. The van der Waals surface area contributed by atoms with Gasteiger partial charge < -0.3 is 21.1 Å². The number of anilines is 1. The molecule has 32 heavy (non-hydrogen) atoms. The van der Waals surface area contributed by atoms with Crippen molar-refractivity contribution in [3.8, 4) is 5.75 Å².